The van der Waals surface area contributed by atoms with E-state index in [1.165, 1.54) is 6.26 Å². The predicted molar refractivity (Wildman–Crippen MR) is 79.5 cm³/mol. The van der Waals surface area contributed by atoms with Gasteiger partial charge >= 0.3 is 0 Å². The summed E-state index contributed by atoms with van der Waals surface area (Å²) in [6, 6.07) is 9.75. The number of sulfone groups is 1. The molecule has 0 aliphatic rings. The number of anilines is 1. The summed E-state index contributed by atoms with van der Waals surface area (Å²) in [5.41, 5.74) is 6.40. The zero-order chi connectivity index (χ0) is 14.3. The molecule has 0 radical (unpaired) electrons. The Hall–Kier alpha value is -1.56. The van der Waals surface area contributed by atoms with Crippen molar-refractivity contribution in [1.82, 2.24) is 0 Å². The molecule has 1 aromatic rings. The molecule has 3 N–H and O–H groups in total. The molecule has 0 spiro atoms. The van der Waals surface area contributed by atoms with Crippen molar-refractivity contribution in [3.8, 4) is 0 Å². The summed E-state index contributed by atoms with van der Waals surface area (Å²) in [6.07, 6.45) is 2.30. The maximum absolute atomic E-state index is 11.1. The van der Waals surface area contributed by atoms with Crippen LogP contribution in [-0.2, 0) is 9.84 Å². The van der Waals surface area contributed by atoms with Gasteiger partial charge in [0.05, 0.1) is 11.6 Å². The second kappa shape index (κ2) is 7.13. The summed E-state index contributed by atoms with van der Waals surface area (Å²) in [7, 11) is -2.93. The lowest BCUT2D eigenvalue weighted by Gasteiger charge is -2.24. The van der Waals surface area contributed by atoms with Crippen molar-refractivity contribution in [2.24, 2.45) is 5.73 Å². The smallest absolute Gasteiger partial charge is 0.147 e. The van der Waals surface area contributed by atoms with Gasteiger partial charge in [0.2, 0.25) is 0 Å². The number of hydrogen-bond acceptors (Lipinski definition) is 4. The van der Waals surface area contributed by atoms with E-state index < -0.39 is 9.84 Å². The Morgan fingerprint density at radius 1 is 1.26 bits per heavy atom. The number of rotatable bonds is 8. The summed E-state index contributed by atoms with van der Waals surface area (Å²) in [6.45, 7) is 1.27. The Morgan fingerprint density at radius 2 is 1.89 bits per heavy atom. The molecule has 0 amide bonds. The number of benzene rings is 1. The van der Waals surface area contributed by atoms with Gasteiger partial charge in [0.25, 0.3) is 0 Å². The van der Waals surface area contributed by atoms with Crippen LogP contribution in [0.2, 0.25) is 0 Å². The SMILES string of the molecule is CS(=O)(=O)CCCN(CCC(=N)N)c1ccccc1. The number of hydrogen-bond donors (Lipinski definition) is 2. The van der Waals surface area contributed by atoms with E-state index in [2.05, 4.69) is 4.90 Å². The molecule has 0 atom stereocenters. The fraction of sp³-hybridized carbons (Fsp3) is 0.462. The summed E-state index contributed by atoms with van der Waals surface area (Å²) >= 11 is 0. The van der Waals surface area contributed by atoms with Gasteiger partial charge in [0, 0.05) is 31.5 Å². The van der Waals surface area contributed by atoms with Crippen LogP contribution in [0.5, 0.6) is 0 Å². The van der Waals surface area contributed by atoms with Gasteiger partial charge in [-0.15, -0.1) is 0 Å². The van der Waals surface area contributed by atoms with Crippen molar-refractivity contribution in [3.05, 3.63) is 30.3 Å². The molecule has 5 nitrogen and oxygen atoms in total. The van der Waals surface area contributed by atoms with Crippen LogP contribution >= 0.6 is 0 Å². The average molecular weight is 283 g/mol. The molecule has 0 aromatic heterocycles. The Labute approximate surface area is 114 Å². The zero-order valence-corrected chi connectivity index (χ0v) is 12.0. The molecule has 0 bridgehead atoms. The fourth-order valence-electron chi connectivity index (χ4n) is 1.78. The van der Waals surface area contributed by atoms with E-state index in [1.807, 2.05) is 30.3 Å². The van der Waals surface area contributed by atoms with Gasteiger partial charge in [0.1, 0.15) is 9.84 Å². The van der Waals surface area contributed by atoms with Crippen molar-refractivity contribution >= 4 is 21.4 Å². The Morgan fingerprint density at radius 3 is 2.42 bits per heavy atom. The first-order valence-electron chi connectivity index (χ1n) is 6.19. The highest BCUT2D eigenvalue weighted by atomic mass is 32.2. The molecule has 1 rings (SSSR count). The van der Waals surface area contributed by atoms with E-state index >= 15 is 0 Å². The highest BCUT2D eigenvalue weighted by molar-refractivity contribution is 7.90. The van der Waals surface area contributed by atoms with E-state index in [-0.39, 0.29) is 11.6 Å². The standard InChI is InChI=1S/C13H21N3O2S/c1-19(17,18)11-5-9-16(10-8-13(14)15)12-6-3-2-4-7-12/h2-4,6-7H,5,8-11H2,1H3,(H3,14,15). The van der Waals surface area contributed by atoms with E-state index in [1.54, 1.807) is 0 Å². The van der Waals surface area contributed by atoms with E-state index in [9.17, 15) is 8.42 Å². The van der Waals surface area contributed by atoms with Crippen molar-refractivity contribution < 1.29 is 8.42 Å². The largest absolute Gasteiger partial charge is 0.388 e. The third-order valence-corrected chi connectivity index (χ3v) is 3.75. The first-order chi connectivity index (χ1) is 8.88. The van der Waals surface area contributed by atoms with E-state index in [0.717, 1.165) is 5.69 Å². The molecular formula is C13H21N3O2S. The van der Waals surface area contributed by atoms with Crippen LogP contribution in [0.25, 0.3) is 0 Å². The van der Waals surface area contributed by atoms with Crippen LogP contribution in [0.3, 0.4) is 0 Å². The Bertz CT molecular complexity index is 500. The minimum atomic E-state index is -2.93. The third kappa shape index (κ3) is 6.81. The molecule has 0 fully saturated rings. The molecule has 106 valence electrons. The van der Waals surface area contributed by atoms with Gasteiger partial charge in [-0.3, -0.25) is 5.41 Å². The number of nitrogens with one attached hydrogen (secondary N) is 1. The number of nitrogens with two attached hydrogens (primary N) is 1. The third-order valence-electron chi connectivity index (χ3n) is 2.72. The zero-order valence-electron chi connectivity index (χ0n) is 11.2. The quantitative estimate of drug-likeness (QED) is 0.555. The molecule has 0 saturated carbocycles. The molecule has 0 heterocycles. The summed E-state index contributed by atoms with van der Waals surface area (Å²) in [5, 5.41) is 7.28. The average Bonchev–Trinajstić information content (AvgIpc) is 2.33. The van der Waals surface area contributed by atoms with Crippen molar-refractivity contribution in [3.63, 3.8) is 0 Å². The lowest BCUT2D eigenvalue weighted by Crippen LogP contribution is -2.29. The first kappa shape index (κ1) is 15.5. The van der Waals surface area contributed by atoms with Gasteiger partial charge in [-0.05, 0) is 18.6 Å². The van der Waals surface area contributed by atoms with Crippen molar-refractivity contribution in [1.29, 1.82) is 5.41 Å². The highest BCUT2D eigenvalue weighted by Crippen LogP contribution is 2.14. The number of nitrogens with zero attached hydrogens (tertiary/aromatic N) is 1. The minimum absolute atomic E-state index is 0.143. The Balaban J connectivity index is 2.62. The molecule has 0 unspecified atom stereocenters. The molecule has 6 heteroatoms. The molecule has 0 aliphatic heterocycles. The normalized spacial score (nSPS) is 11.2. The molecule has 1 aromatic carbocycles. The Kier molecular flexibility index (Phi) is 5.82. The maximum Gasteiger partial charge on any atom is 0.147 e. The van der Waals surface area contributed by atoms with Crippen LogP contribution in [-0.4, -0.2) is 39.4 Å². The lowest BCUT2D eigenvalue weighted by atomic mass is 10.2. The monoisotopic (exact) mass is 283 g/mol. The topological polar surface area (TPSA) is 87.2 Å². The van der Waals surface area contributed by atoms with Crippen molar-refractivity contribution in [2.75, 3.05) is 30.0 Å². The second-order valence-electron chi connectivity index (χ2n) is 4.58. The predicted octanol–water partition coefficient (Wildman–Crippen LogP) is 1.25. The fourth-order valence-corrected chi connectivity index (χ4v) is 2.44. The van der Waals surface area contributed by atoms with Crippen molar-refractivity contribution in [2.45, 2.75) is 12.8 Å². The number of para-hydroxylation sites is 1. The van der Waals surface area contributed by atoms with E-state index in [4.69, 9.17) is 11.1 Å². The van der Waals surface area contributed by atoms with Crippen LogP contribution in [0.15, 0.2) is 30.3 Å². The van der Waals surface area contributed by atoms with Crippen LogP contribution in [0.1, 0.15) is 12.8 Å². The molecule has 0 aliphatic carbocycles. The van der Waals surface area contributed by atoms with Crippen LogP contribution in [0.4, 0.5) is 5.69 Å². The van der Waals surface area contributed by atoms with Crippen LogP contribution in [0, 0.1) is 5.41 Å². The summed E-state index contributed by atoms with van der Waals surface area (Å²) < 4.78 is 22.3. The van der Waals surface area contributed by atoms with Gasteiger partial charge in [-0.25, -0.2) is 8.42 Å². The van der Waals surface area contributed by atoms with Gasteiger partial charge in [0.15, 0.2) is 0 Å². The molecule has 19 heavy (non-hydrogen) atoms. The lowest BCUT2D eigenvalue weighted by molar-refractivity contribution is 0.598. The maximum atomic E-state index is 11.1. The molecule has 0 saturated heterocycles. The summed E-state index contributed by atoms with van der Waals surface area (Å²) in [4.78, 5) is 2.06. The van der Waals surface area contributed by atoms with Gasteiger partial charge in [-0.2, -0.15) is 0 Å². The van der Waals surface area contributed by atoms with Gasteiger partial charge in [-0.1, -0.05) is 18.2 Å². The highest BCUT2D eigenvalue weighted by Gasteiger charge is 2.08. The molecular weight excluding hydrogens is 262 g/mol. The second-order valence-corrected chi connectivity index (χ2v) is 6.84. The van der Waals surface area contributed by atoms with Gasteiger partial charge < -0.3 is 10.6 Å². The van der Waals surface area contributed by atoms with E-state index in [0.29, 0.717) is 25.9 Å². The minimum Gasteiger partial charge on any atom is -0.388 e. The van der Waals surface area contributed by atoms with Crippen LogP contribution < -0.4 is 10.6 Å². The summed E-state index contributed by atoms with van der Waals surface area (Å²) in [5.74, 6) is 0.320. The first-order valence-corrected chi connectivity index (χ1v) is 8.25. The number of amidine groups is 1.